The summed E-state index contributed by atoms with van der Waals surface area (Å²) in [5, 5.41) is 23.0. The highest BCUT2D eigenvalue weighted by atomic mass is 16.4. The standard InChI is InChI=1S/C20H23N5O6/c21-20-24-16-15(18(29)25-20)12(9-22-16)6-3-10-1-4-11(5-2-10)17(28)23-13(19(30)31)7-8-14(26)27/h1-2,4-5,12-13H,3,6-9H2,(H,23,28)(H,26,27)(H,30,31)(H4,21,22,24,25,29)/t12?,13-/m0/s1/i9D/t9?,12?,13-. The van der Waals surface area contributed by atoms with Gasteiger partial charge in [-0.15, -0.1) is 0 Å². The van der Waals surface area contributed by atoms with E-state index in [9.17, 15) is 19.2 Å². The number of nitrogens with zero attached hydrogens (tertiary/aromatic N) is 1. The van der Waals surface area contributed by atoms with Crippen molar-refractivity contribution in [2.45, 2.75) is 37.6 Å². The van der Waals surface area contributed by atoms with E-state index in [1.54, 1.807) is 12.1 Å². The molecule has 0 spiro atoms. The number of anilines is 2. The van der Waals surface area contributed by atoms with Crippen molar-refractivity contribution < 1.29 is 26.0 Å². The molecule has 1 aromatic heterocycles. The lowest BCUT2D eigenvalue weighted by atomic mass is 9.95. The molecule has 3 rings (SSSR count). The molecule has 3 atom stereocenters. The van der Waals surface area contributed by atoms with Gasteiger partial charge in [-0.25, -0.2) is 4.79 Å². The lowest BCUT2D eigenvalue weighted by molar-refractivity contribution is -0.140. The summed E-state index contributed by atoms with van der Waals surface area (Å²) in [5.74, 6) is -3.15. The van der Waals surface area contributed by atoms with Gasteiger partial charge in [-0.3, -0.25) is 19.4 Å². The van der Waals surface area contributed by atoms with E-state index < -0.39 is 30.4 Å². The predicted octanol–water partition coefficient (Wildman–Crippen LogP) is 0.542. The van der Waals surface area contributed by atoms with Crippen LogP contribution in [0.25, 0.3) is 0 Å². The van der Waals surface area contributed by atoms with Crippen LogP contribution in [0, 0.1) is 0 Å². The molecular weight excluding hydrogens is 406 g/mol. The number of hydrogen-bond acceptors (Lipinski definition) is 7. The zero-order valence-corrected chi connectivity index (χ0v) is 16.4. The number of aliphatic carboxylic acids is 2. The van der Waals surface area contributed by atoms with E-state index in [2.05, 4.69) is 20.6 Å². The minimum Gasteiger partial charge on any atom is -0.481 e. The number of fused-ring (bicyclic) bond motifs is 1. The summed E-state index contributed by atoms with van der Waals surface area (Å²) in [6.45, 7) is -0.732. The van der Waals surface area contributed by atoms with Crippen molar-refractivity contribution in [3.63, 3.8) is 0 Å². The van der Waals surface area contributed by atoms with Gasteiger partial charge in [0.05, 0.1) is 5.56 Å². The number of aryl methyl sites for hydroxylation is 1. The van der Waals surface area contributed by atoms with Crippen LogP contribution in [0.3, 0.4) is 0 Å². The molecule has 7 N–H and O–H groups in total. The molecule has 2 aromatic rings. The maximum absolute atomic E-state index is 12.3. The number of aromatic nitrogens is 2. The van der Waals surface area contributed by atoms with Gasteiger partial charge < -0.3 is 26.6 Å². The zero-order valence-electron chi connectivity index (χ0n) is 17.4. The molecule has 0 saturated heterocycles. The van der Waals surface area contributed by atoms with Gasteiger partial charge in [0.1, 0.15) is 11.9 Å². The Kier molecular flexibility index (Phi) is 6.11. The Morgan fingerprint density at radius 3 is 2.65 bits per heavy atom. The molecule has 2 heterocycles. The fourth-order valence-corrected chi connectivity index (χ4v) is 3.36. The number of hydrogen-bond donors (Lipinski definition) is 6. The number of carboxylic acids is 2. The Morgan fingerprint density at radius 1 is 1.29 bits per heavy atom. The molecule has 0 saturated carbocycles. The Morgan fingerprint density at radius 2 is 2.00 bits per heavy atom. The number of carbonyl (C=O) groups excluding carboxylic acids is 1. The van der Waals surface area contributed by atoms with E-state index in [1.165, 1.54) is 12.1 Å². The summed E-state index contributed by atoms with van der Waals surface area (Å²) >= 11 is 0. The Bertz CT molecular complexity index is 1090. The first kappa shape index (κ1) is 20.4. The van der Waals surface area contributed by atoms with Crippen LogP contribution in [0.1, 0.15) is 48.0 Å². The predicted molar refractivity (Wildman–Crippen MR) is 111 cm³/mol. The van der Waals surface area contributed by atoms with E-state index in [-0.39, 0.29) is 35.8 Å². The summed E-state index contributed by atoms with van der Waals surface area (Å²) in [5.41, 5.74) is 6.67. The van der Waals surface area contributed by atoms with E-state index in [0.717, 1.165) is 5.56 Å². The van der Waals surface area contributed by atoms with E-state index in [0.29, 0.717) is 24.2 Å². The number of benzene rings is 1. The zero-order chi connectivity index (χ0) is 23.4. The van der Waals surface area contributed by atoms with E-state index in [1.807, 2.05) is 0 Å². The average Bonchev–Trinajstić information content (AvgIpc) is 3.04. The summed E-state index contributed by atoms with van der Waals surface area (Å²) in [4.78, 5) is 52.9. The van der Waals surface area contributed by atoms with Crippen LogP contribution in [0.5, 0.6) is 0 Å². The fourth-order valence-electron chi connectivity index (χ4n) is 3.36. The molecule has 11 heteroatoms. The van der Waals surface area contributed by atoms with Crippen molar-refractivity contribution in [3.05, 3.63) is 51.3 Å². The normalized spacial score (nSPS) is 18.4. The third-order valence-corrected chi connectivity index (χ3v) is 4.98. The van der Waals surface area contributed by atoms with Crippen LogP contribution in [0.4, 0.5) is 11.8 Å². The van der Waals surface area contributed by atoms with Crippen LogP contribution in [-0.2, 0) is 16.0 Å². The second-order valence-electron chi connectivity index (χ2n) is 7.16. The van der Waals surface area contributed by atoms with Crippen molar-refractivity contribution in [1.29, 1.82) is 0 Å². The van der Waals surface area contributed by atoms with E-state index >= 15 is 0 Å². The average molecular weight is 430 g/mol. The third kappa shape index (κ3) is 5.38. The minimum atomic E-state index is -1.31. The van der Waals surface area contributed by atoms with Gasteiger partial charge in [0.2, 0.25) is 5.95 Å². The third-order valence-electron chi connectivity index (χ3n) is 4.98. The second kappa shape index (κ2) is 9.28. The number of nitrogens with one attached hydrogen (secondary N) is 3. The molecule has 0 bridgehead atoms. The van der Waals surface area contributed by atoms with E-state index in [4.69, 9.17) is 17.3 Å². The largest absolute Gasteiger partial charge is 0.481 e. The molecule has 0 fully saturated rings. The van der Waals surface area contributed by atoms with Crippen LogP contribution in [0.2, 0.25) is 0 Å². The smallest absolute Gasteiger partial charge is 0.326 e. The number of carboxylic acid groups (broad SMARTS) is 2. The number of aromatic amines is 1. The first-order valence-electron chi connectivity index (χ1n) is 10.2. The van der Waals surface area contributed by atoms with Crippen molar-refractivity contribution in [2.24, 2.45) is 0 Å². The summed E-state index contributed by atoms with van der Waals surface area (Å²) in [6.07, 6.45) is 0.421. The first-order valence-corrected chi connectivity index (χ1v) is 9.58. The highest BCUT2D eigenvalue weighted by Gasteiger charge is 2.27. The van der Waals surface area contributed by atoms with Gasteiger partial charge in [0.15, 0.2) is 0 Å². The number of nitrogen functional groups attached to an aromatic ring is 1. The maximum Gasteiger partial charge on any atom is 0.326 e. The number of H-pyrrole nitrogens is 1. The van der Waals surface area contributed by atoms with Gasteiger partial charge in [0.25, 0.3) is 11.5 Å². The van der Waals surface area contributed by atoms with Crippen LogP contribution in [0.15, 0.2) is 29.1 Å². The molecule has 1 aromatic carbocycles. The summed E-state index contributed by atoms with van der Waals surface area (Å²) in [7, 11) is 0. The number of rotatable bonds is 9. The van der Waals surface area contributed by atoms with Crippen molar-refractivity contribution >= 4 is 29.6 Å². The van der Waals surface area contributed by atoms with Gasteiger partial charge in [-0.05, 0) is 37.0 Å². The monoisotopic (exact) mass is 430 g/mol. The SMILES string of the molecule is [2H]C1Nc2nc(N)[nH]c(=O)c2C1CCc1ccc(C(=O)N[C@@H](CCC(=O)O)C(=O)O)cc1. The van der Waals surface area contributed by atoms with Crippen LogP contribution < -0.4 is 21.9 Å². The highest BCUT2D eigenvalue weighted by molar-refractivity contribution is 5.96. The quantitative estimate of drug-likeness (QED) is 0.330. The lowest BCUT2D eigenvalue weighted by Crippen LogP contribution is -2.41. The number of carbonyl (C=O) groups is 3. The highest BCUT2D eigenvalue weighted by Crippen LogP contribution is 2.30. The van der Waals surface area contributed by atoms with Gasteiger partial charge >= 0.3 is 11.9 Å². The molecule has 0 aliphatic carbocycles. The molecule has 31 heavy (non-hydrogen) atoms. The number of amides is 1. The lowest BCUT2D eigenvalue weighted by Gasteiger charge is -2.14. The minimum absolute atomic E-state index is 0.0175. The molecule has 164 valence electrons. The molecule has 0 radical (unpaired) electrons. The number of nitrogens with two attached hydrogens (primary N) is 1. The molecule has 2 unspecified atom stereocenters. The van der Waals surface area contributed by atoms with Gasteiger partial charge in [0, 0.05) is 25.8 Å². The van der Waals surface area contributed by atoms with Crippen LogP contribution >= 0.6 is 0 Å². The van der Waals surface area contributed by atoms with Crippen molar-refractivity contribution in [2.75, 3.05) is 17.6 Å². The Labute approximate surface area is 178 Å². The summed E-state index contributed by atoms with van der Waals surface area (Å²) in [6, 6.07) is 5.18. The summed E-state index contributed by atoms with van der Waals surface area (Å²) < 4.78 is 8.18. The molecule has 1 amide bonds. The first-order chi connectivity index (χ1) is 15.2. The van der Waals surface area contributed by atoms with Crippen LogP contribution in [-0.4, -0.2) is 50.6 Å². The van der Waals surface area contributed by atoms with Crippen molar-refractivity contribution in [1.82, 2.24) is 15.3 Å². The molecule has 1 aliphatic rings. The fraction of sp³-hybridized carbons (Fsp3) is 0.350. The maximum atomic E-state index is 12.3. The Hall–Kier alpha value is -3.89. The topological polar surface area (TPSA) is 187 Å². The molecule has 11 nitrogen and oxygen atoms in total. The molecular formula is C20H23N5O6. The Balaban J connectivity index is 1.62. The van der Waals surface area contributed by atoms with Gasteiger partial charge in [-0.1, -0.05) is 12.1 Å². The van der Waals surface area contributed by atoms with Crippen molar-refractivity contribution in [3.8, 4) is 0 Å². The molecule has 1 aliphatic heterocycles. The van der Waals surface area contributed by atoms with Gasteiger partial charge in [-0.2, -0.15) is 4.98 Å². The second-order valence-corrected chi connectivity index (χ2v) is 7.16.